The molecule has 0 radical (unpaired) electrons. The van der Waals surface area contributed by atoms with Gasteiger partial charge in [-0.15, -0.1) is 10.2 Å². The van der Waals surface area contributed by atoms with Crippen molar-refractivity contribution in [2.45, 2.75) is 25.3 Å². The van der Waals surface area contributed by atoms with Crippen LogP contribution in [0.15, 0.2) is 35.2 Å². The van der Waals surface area contributed by atoms with Gasteiger partial charge in [-0.1, -0.05) is 11.6 Å². The standard InChI is InChI=1S/C16H16ClN5O/c17-13-7-12-1-2-14(20-16(12)18-8-13)11-3-5-22(6-4-11)9-15-21-19-10-23-15/h1-2,7-8,10-11H,3-6,9H2. The Bertz CT molecular complexity index is 799. The predicted octanol–water partition coefficient (Wildman–Crippen LogP) is 3.05. The number of fused-ring (bicyclic) bond motifs is 1. The molecule has 4 rings (SSSR count). The SMILES string of the molecule is Clc1cnc2nc(C3CCN(Cc4nnco4)CC3)ccc2c1. The summed E-state index contributed by atoms with van der Waals surface area (Å²) in [4.78, 5) is 11.4. The highest BCUT2D eigenvalue weighted by Crippen LogP contribution is 2.28. The number of pyridine rings is 2. The summed E-state index contributed by atoms with van der Waals surface area (Å²) in [6.07, 6.45) is 5.16. The monoisotopic (exact) mass is 329 g/mol. The van der Waals surface area contributed by atoms with Crippen LogP contribution in [0.2, 0.25) is 5.02 Å². The van der Waals surface area contributed by atoms with Crippen molar-refractivity contribution >= 4 is 22.6 Å². The van der Waals surface area contributed by atoms with Crippen LogP contribution in [-0.2, 0) is 6.54 Å². The quantitative estimate of drug-likeness (QED) is 0.735. The molecule has 0 bridgehead atoms. The first-order valence-electron chi connectivity index (χ1n) is 7.67. The molecule has 7 heteroatoms. The normalized spacial score (nSPS) is 16.9. The Morgan fingerprint density at radius 1 is 1.26 bits per heavy atom. The number of aromatic nitrogens is 4. The molecule has 3 aromatic heterocycles. The maximum atomic E-state index is 5.97. The summed E-state index contributed by atoms with van der Waals surface area (Å²) in [5, 5.41) is 9.28. The van der Waals surface area contributed by atoms with E-state index in [4.69, 9.17) is 21.0 Å². The zero-order valence-corrected chi connectivity index (χ0v) is 13.3. The van der Waals surface area contributed by atoms with Crippen molar-refractivity contribution in [2.24, 2.45) is 0 Å². The molecule has 23 heavy (non-hydrogen) atoms. The number of piperidine rings is 1. The maximum absolute atomic E-state index is 5.97. The molecule has 118 valence electrons. The van der Waals surface area contributed by atoms with E-state index in [1.54, 1.807) is 6.20 Å². The second-order valence-corrected chi connectivity index (χ2v) is 6.26. The molecule has 0 aromatic carbocycles. The van der Waals surface area contributed by atoms with Gasteiger partial charge in [0.2, 0.25) is 12.3 Å². The summed E-state index contributed by atoms with van der Waals surface area (Å²) in [5.74, 6) is 1.14. The van der Waals surface area contributed by atoms with Gasteiger partial charge < -0.3 is 4.42 Å². The molecule has 1 aliphatic heterocycles. The molecule has 1 aliphatic rings. The molecule has 1 saturated heterocycles. The molecule has 0 N–H and O–H groups in total. The molecule has 3 aromatic rings. The average Bonchev–Trinajstić information content (AvgIpc) is 3.08. The fourth-order valence-corrected chi connectivity index (χ4v) is 3.24. The van der Waals surface area contributed by atoms with Crippen molar-refractivity contribution in [1.29, 1.82) is 0 Å². The molecular formula is C16H16ClN5O. The lowest BCUT2D eigenvalue weighted by atomic mass is 9.93. The lowest BCUT2D eigenvalue weighted by Crippen LogP contribution is -2.32. The molecule has 0 saturated carbocycles. The third-order valence-electron chi connectivity index (χ3n) is 4.30. The van der Waals surface area contributed by atoms with E-state index in [0.717, 1.165) is 49.2 Å². The number of nitrogens with zero attached hydrogens (tertiary/aromatic N) is 5. The average molecular weight is 330 g/mol. The molecule has 0 spiro atoms. The van der Waals surface area contributed by atoms with Crippen molar-refractivity contribution in [3.8, 4) is 0 Å². The number of hydrogen-bond acceptors (Lipinski definition) is 6. The Hall–Kier alpha value is -2.05. The van der Waals surface area contributed by atoms with E-state index in [0.29, 0.717) is 16.8 Å². The van der Waals surface area contributed by atoms with Crippen LogP contribution in [0.5, 0.6) is 0 Å². The lowest BCUT2D eigenvalue weighted by Gasteiger charge is -2.30. The number of hydrogen-bond donors (Lipinski definition) is 0. The largest absolute Gasteiger partial charge is 0.427 e. The second-order valence-electron chi connectivity index (χ2n) is 5.82. The van der Waals surface area contributed by atoms with Crippen LogP contribution in [0.3, 0.4) is 0 Å². The fourth-order valence-electron chi connectivity index (χ4n) is 3.07. The maximum Gasteiger partial charge on any atom is 0.230 e. The van der Waals surface area contributed by atoms with Gasteiger partial charge in [0.05, 0.1) is 11.6 Å². The van der Waals surface area contributed by atoms with E-state index in [9.17, 15) is 0 Å². The molecule has 0 amide bonds. The summed E-state index contributed by atoms with van der Waals surface area (Å²) in [6, 6.07) is 6.05. The summed E-state index contributed by atoms with van der Waals surface area (Å²) in [5.41, 5.74) is 1.88. The van der Waals surface area contributed by atoms with Crippen LogP contribution in [0.1, 0.15) is 30.3 Å². The summed E-state index contributed by atoms with van der Waals surface area (Å²) < 4.78 is 5.21. The molecule has 0 atom stereocenters. The molecule has 4 heterocycles. The van der Waals surface area contributed by atoms with E-state index >= 15 is 0 Å². The van der Waals surface area contributed by atoms with Crippen molar-refractivity contribution in [1.82, 2.24) is 25.1 Å². The fraction of sp³-hybridized carbons (Fsp3) is 0.375. The first kappa shape index (κ1) is 14.5. The van der Waals surface area contributed by atoms with E-state index in [1.165, 1.54) is 6.39 Å². The van der Waals surface area contributed by atoms with Gasteiger partial charge >= 0.3 is 0 Å². The molecular weight excluding hydrogens is 314 g/mol. The lowest BCUT2D eigenvalue weighted by molar-refractivity contribution is 0.186. The Labute approximate surface area is 138 Å². The van der Waals surface area contributed by atoms with Crippen LogP contribution >= 0.6 is 11.6 Å². The van der Waals surface area contributed by atoms with Gasteiger partial charge in [0.1, 0.15) is 0 Å². The zero-order chi connectivity index (χ0) is 15.6. The van der Waals surface area contributed by atoms with Crippen molar-refractivity contribution in [2.75, 3.05) is 13.1 Å². The molecule has 0 aliphatic carbocycles. The predicted molar refractivity (Wildman–Crippen MR) is 86.1 cm³/mol. The number of rotatable bonds is 3. The summed E-state index contributed by atoms with van der Waals surface area (Å²) in [7, 11) is 0. The minimum atomic E-state index is 0.468. The minimum absolute atomic E-state index is 0.468. The zero-order valence-electron chi connectivity index (χ0n) is 12.5. The Morgan fingerprint density at radius 3 is 2.91 bits per heavy atom. The van der Waals surface area contributed by atoms with Gasteiger partial charge in [0, 0.05) is 23.2 Å². The topological polar surface area (TPSA) is 67.9 Å². The van der Waals surface area contributed by atoms with Crippen LogP contribution < -0.4 is 0 Å². The molecule has 6 nitrogen and oxygen atoms in total. The van der Waals surface area contributed by atoms with Crippen LogP contribution in [0.4, 0.5) is 0 Å². The van der Waals surface area contributed by atoms with Gasteiger partial charge in [-0.25, -0.2) is 9.97 Å². The minimum Gasteiger partial charge on any atom is -0.427 e. The van der Waals surface area contributed by atoms with Crippen LogP contribution in [0, 0.1) is 0 Å². The Morgan fingerprint density at radius 2 is 2.13 bits per heavy atom. The van der Waals surface area contributed by atoms with E-state index < -0.39 is 0 Å². The van der Waals surface area contributed by atoms with Crippen molar-refractivity contribution in [3.05, 3.63) is 47.4 Å². The van der Waals surface area contributed by atoms with Gasteiger partial charge in [0.25, 0.3) is 0 Å². The van der Waals surface area contributed by atoms with Crippen molar-refractivity contribution < 1.29 is 4.42 Å². The van der Waals surface area contributed by atoms with Gasteiger partial charge in [-0.2, -0.15) is 0 Å². The Kier molecular flexibility index (Phi) is 3.93. The number of halogens is 1. The van der Waals surface area contributed by atoms with Crippen LogP contribution in [-0.4, -0.2) is 38.2 Å². The van der Waals surface area contributed by atoms with Gasteiger partial charge in [0.15, 0.2) is 5.65 Å². The van der Waals surface area contributed by atoms with E-state index in [2.05, 4.69) is 32.2 Å². The smallest absolute Gasteiger partial charge is 0.230 e. The van der Waals surface area contributed by atoms with E-state index in [1.807, 2.05) is 6.07 Å². The Balaban J connectivity index is 1.44. The van der Waals surface area contributed by atoms with Gasteiger partial charge in [-0.3, -0.25) is 4.90 Å². The molecule has 1 fully saturated rings. The third-order valence-corrected chi connectivity index (χ3v) is 4.51. The van der Waals surface area contributed by atoms with Crippen LogP contribution in [0.25, 0.3) is 11.0 Å². The first-order chi connectivity index (χ1) is 11.3. The highest BCUT2D eigenvalue weighted by molar-refractivity contribution is 6.31. The van der Waals surface area contributed by atoms with Crippen molar-refractivity contribution in [3.63, 3.8) is 0 Å². The molecule has 0 unspecified atom stereocenters. The second kappa shape index (κ2) is 6.22. The van der Waals surface area contributed by atoms with Gasteiger partial charge in [-0.05, 0) is 44.1 Å². The summed E-state index contributed by atoms with van der Waals surface area (Å²) in [6.45, 7) is 2.72. The number of likely N-dealkylation sites (tertiary alicyclic amines) is 1. The third kappa shape index (κ3) is 3.18. The van der Waals surface area contributed by atoms with E-state index in [-0.39, 0.29) is 0 Å². The first-order valence-corrected chi connectivity index (χ1v) is 8.05. The summed E-state index contributed by atoms with van der Waals surface area (Å²) >= 11 is 5.97. The highest BCUT2D eigenvalue weighted by Gasteiger charge is 2.22. The highest BCUT2D eigenvalue weighted by atomic mass is 35.5.